The van der Waals surface area contributed by atoms with Crippen molar-refractivity contribution in [1.82, 2.24) is 4.90 Å². The third kappa shape index (κ3) is 6.82. The summed E-state index contributed by atoms with van der Waals surface area (Å²) < 4.78 is 0. The van der Waals surface area contributed by atoms with Crippen molar-refractivity contribution >= 4 is 5.97 Å². The molecule has 0 aromatic rings. The van der Waals surface area contributed by atoms with Crippen LogP contribution < -0.4 is 0 Å². The topological polar surface area (TPSA) is 40.5 Å². The maximum Gasteiger partial charge on any atom is 0.304 e. The van der Waals surface area contributed by atoms with E-state index in [4.69, 9.17) is 5.11 Å². The normalized spacial score (nSPS) is 23.5. The van der Waals surface area contributed by atoms with Crippen LogP contribution in [0.15, 0.2) is 0 Å². The smallest absolute Gasteiger partial charge is 0.304 e. The van der Waals surface area contributed by atoms with Crippen LogP contribution in [0, 0.1) is 0 Å². The van der Waals surface area contributed by atoms with Crippen molar-refractivity contribution in [3.63, 3.8) is 0 Å². The molecule has 0 aromatic carbocycles. The summed E-state index contributed by atoms with van der Waals surface area (Å²) in [5, 5.41) is 8.99. The summed E-state index contributed by atoms with van der Waals surface area (Å²) >= 11 is 0. The van der Waals surface area contributed by atoms with E-state index in [-0.39, 0.29) is 0 Å². The summed E-state index contributed by atoms with van der Waals surface area (Å²) in [6.45, 7) is 0.769. The molecule has 1 N–H and O–H groups in total. The Morgan fingerprint density at radius 2 is 1.19 bits per heavy atom. The van der Waals surface area contributed by atoms with Gasteiger partial charge in [-0.3, -0.25) is 9.69 Å². The fraction of sp³-hybridized carbons (Fsp3) is 0.944. The van der Waals surface area contributed by atoms with Crippen molar-refractivity contribution in [3.8, 4) is 0 Å². The van der Waals surface area contributed by atoms with Gasteiger partial charge in [0.15, 0.2) is 0 Å². The van der Waals surface area contributed by atoms with Gasteiger partial charge in [0.25, 0.3) is 0 Å². The van der Waals surface area contributed by atoms with Gasteiger partial charge in [-0.1, -0.05) is 57.8 Å². The van der Waals surface area contributed by atoms with Crippen molar-refractivity contribution in [3.05, 3.63) is 0 Å². The van der Waals surface area contributed by atoms with Gasteiger partial charge in [0.2, 0.25) is 0 Å². The summed E-state index contributed by atoms with van der Waals surface area (Å²) in [6.07, 6.45) is 17.9. The zero-order chi connectivity index (χ0) is 14.9. The van der Waals surface area contributed by atoms with Gasteiger partial charge in [0.05, 0.1) is 6.42 Å². The van der Waals surface area contributed by atoms with E-state index in [9.17, 15) is 4.79 Å². The summed E-state index contributed by atoms with van der Waals surface area (Å²) in [7, 11) is 0. The maximum atomic E-state index is 10.9. The zero-order valence-electron chi connectivity index (χ0n) is 13.6. The average molecular weight is 295 g/mol. The number of carbonyl (C=O) groups is 1. The standard InChI is InChI=1S/C18H33NO2/c20-18(21)14-15-19(17-12-13-17)16-10-8-6-4-2-1-3-5-7-9-11-16/h16-17H,1-15H2,(H,20,21). The van der Waals surface area contributed by atoms with E-state index < -0.39 is 5.97 Å². The second kappa shape index (κ2) is 9.45. The molecule has 0 saturated heterocycles. The van der Waals surface area contributed by atoms with Crippen LogP contribution >= 0.6 is 0 Å². The molecule has 122 valence electrons. The van der Waals surface area contributed by atoms with Gasteiger partial charge in [-0.15, -0.1) is 0 Å². The Morgan fingerprint density at radius 3 is 1.62 bits per heavy atom. The largest absolute Gasteiger partial charge is 0.481 e. The molecular formula is C18H33NO2. The highest BCUT2D eigenvalue weighted by atomic mass is 16.4. The predicted molar refractivity (Wildman–Crippen MR) is 86.6 cm³/mol. The Hall–Kier alpha value is -0.570. The van der Waals surface area contributed by atoms with E-state index in [2.05, 4.69) is 4.90 Å². The lowest BCUT2D eigenvalue weighted by Gasteiger charge is -2.32. The highest BCUT2D eigenvalue weighted by molar-refractivity contribution is 5.66. The van der Waals surface area contributed by atoms with E-state index in [1.54, 1.807) is 0 Å². The number of carboxylic acids is 1. The summed E-state index contributed by atoms with van der Waals surface area (Å²) in [5.41, 5.74) is 0. The SMILES string of the molecule is O=C(O)CCN(C1CCCCCCCCCCC1)C1CC1. The summed E-state index contributed by atoms with van der Waals surface area (Å²) in [5.74, 6) is -0.645. The van der Waals surface area contributed by atoms with Gasteiger partial charge in [-0.25, -0.2) is 0 Å². The fourth-order valence-electron chi connectivity index (χ4n) is 3.77. The molecule has 2 aliphatic carbocycles. The van der Waals surface area contributed by atoms with E-state index in [1.165, 1.54) is 83.5 Å². The van der Waals surface area contributed by atoms with Crippen LogP contribution in [-0.4, -0.2) is 34.6 Å². The molecule has 21 heavy (non-hydrogen) atoms. The number of hydrogen-bond donors (Lipinski definition) is 1. The van der Waals surface area contributed by atoms with Crippen LogP contribution in [0.4, 0.5) is 0 Å². The first-order valence-corrected chi connectivity index (χ1v) is 9.25. The molecule has 0 radical (unpaired) electrons. The summed E-state index contributed by atoms with van der Waals surface area (Å²) in [4.78, 5) is 13.5. The third-order valence-corrected chi connectivity index (χ3v) is 5.14. The van der Waals surface area contributed by atoms with Crippen LogP contribution in [0.3, 0.4) is 0 Å². The second-order valence-corrected chi connectivity index (χ2v) is 7.03. The molecule has 0 heterocycles. The minimum Gasteiger partial charge on any atom is -0.481 e. The number of nitrogens with zero attached hydrogens (tertiary/aromatic N) is 1. The van der Waals surface area contributed by atoms with Crippen molar-refractivity contribution in [2.45, 2.75) is 102 Å². The minimum absolute atomic E-state index is 0.312. The van der Waals surface area contributed by atoms with E-state index in [0.717, 1.165) is 6.54 Å². The summed E-state index contributed by atoms with van der Waals surface area (Å²) in [6, 6.07) is 1.35. The van der Waals surface area contributed by atoms with Crippen molar-refractivity contribution in [2.75, 3.05) is 6.54 Å². The Labute approximate surface area is 130 Å². The molecule has 2 aliphatic rings. The quantitative estimate of drug-likeness (QED) is 0.806. The molecule has 2 saturated carbocycles. The molecular weight excluding hydrogens is 262 g/mol. The predicted octanol–water partition coefficient (Wildman–Crippen LogP) is 4.60. The van der Waals surface area contributed by atoms with Crippen molar-refractivity contribution in [2.24, 2.45) is 0 Å². The zero-order valence-corrected chi connectivity index (χ0v) is 13.6. The Bertz CT molecular complexity index is 290. The monoisotopic (exact) mass is 295 g/mol. The number of carboxylic acid groups (broad SMARTS) is 1. The van der Waals surface area contributed by atoms with Crippen LogP contribution in [0.5, 0.6) is 0 Å². The van der Waals surface area contributed by atoms with E-state index in [1.807, 2.05) is 0 Å². The first kappa shape index (κ1) is 16.8. The van der Waals surface area contributed by atoms with E-state index in [0.29, 0.717) is 18.5 Å². The molecule has 0 atom stereocenters. The molecule has 0 spiro atoms. The number of rotatable bonds is 5. The molecule has 3 heteroatoms. The first-order valence-electron chi connectivity index (χ1n) is 9.25. The van der Waals surface area contributed by atoms with E-state index >= 15 is 0 Å². The highest BCUT2D eigenvalue weighted by Crippen LogP contribution is 2.32. The lowest BCUT2D eigenvalue weighted by atomic mass is 9.96. The van der Waals surface area contributed by atoms with Crippen molar-refractivity contribution in [1.29, 1.82) is 0 Å². The lowest BCUT2D eigenvalue weighted by Crippen LogP contribution is -2.38. The number of hydrogen-bond acceptors (Lipinski definition) is 2. The fourth-order valence-corrected chi connectivity index (χ4v) is 3.77. The third-order valence-electron chi connectivity index (χ3n) is 5.14. The maximum absolute atomic E-state index is 10.9. The Balaban J connectivity index is 1.85. The van der Waals surface area contributed by atoms with Gasteiger partial charge in [-0.05, 0) is 25.7 Å². The van der Waals surface area contributed by atoms with Crippen LogP contribution in [-0.2, 0) is 4.79 Å². The van der Waals surface area contributed by atoms with Gasteiger partial charge in [0, 0.05) is 18.6 Å². The average Bonchev–Trinajstić information content (AvgIpc) is 3.25. The molecule has 0 unspecified atom stereocenters. The number of aliphatic carboxylic acids is 1. The molecule has 0 aromatic heterocycles. The lowest BCUT2D eigenvalue weighted by molar-refractivity contribution is -0.137. The van der Waals surface area contributed by atoms with Crippen LogP contribution in [0.25, 0.3) is 0 Å². The van der Waals surface area contributed by atoms with Gasteiger partial charge in [0.1, 0.15) is 0 Å². The van der Waals surface area contributed by atoms with Gasteiger partial charge in [-0.2, -0.15) is 0 Å². The molecule has 0 aliphatic heterocycles. The molecule has 2 rings (SSSR count). The minimum atomic E-state index is -0.645. The van der Waals surface area contributed by atoms with Gasteiger partial charge < -0.3 is 5.11 Å². The molecule has 0 amide bonds. The highest BCUT2D eigenvalue weighted by Gasteiger charge is 2.33. The Kier molecular flexibility index (Phi) is 7.56. The van der Waals surface area contributed by atoms with Gasteiger partial charge >= 0.3 is 5.97 Å². The molecule has 3 nitrogen and oxygen atoms in total. The Morgan fingerprint density at radius 1 is 0.762 bits per heavy atom. The van der Waals surface area contributed by atoms with Crippen LogP contribution in [0.1, 0.15) is 89.9 Å². The van der Waals surface area contributed by atoms with Crippen molar-refractivity contribution < 1.29 is 9.90 Å². The second-order valence-electron chi connectivity index (χ2n) is 7.03. The molecule has 0 bridgehead atoms. The van der Waals surface area contributed by atoms with Crippen LogP contribution in [0.2, 0.25) is 0 Å². The first-order chi connectivity index (χ1) is 10.3. The molecule has 2 fully saturated rings.